The average Bonchev–Trinajstić information content (AvgIpc) is 2.53. The van der Waals surface area contributed by atoms with Gasteiger partial charge in [0.05, 0.1) is 0 Å². The minimum absolute atomic E-state index is 0.354. The van der Waals surface area contributed by atoms with Crippen LogP contribution in [0.2, 0.25) is 0 Å². The lowest BCUT2D eigenvalue weighted by molar-refractivity contribution is 0.245. The second kappa shape index (κ2) is 5.99. The molecule has 0 aromatic carbocycles. The van der Waals surface area contributed by atoms with Gasteiger partial charge in [0.25, 0.3) is 0 Å². The maximum Gasteiger partial charge on any atom is 0.0434 e. The number of hydrogen-bond acceptors (Lipinski definition) is 2. The van der Waals surface area contributed by atoms with Crippen LogP contribution in [-0.2, 0) is 0 Å². The number of hydrogen-bond donors (Lipinski definition) is 1. The molecule has 0 aromatic rings. The molecule has 0 saturated carbocycles. The Hall–Kier alpha value is 0.400. The van der Waals surface area contributed by atoms with Crippen molar-refractivity contribution >= 4 is 15.9 Å². The summed E-state index contributed by atoms with van der Waals surface area (Å²) in [5.74, 6) is 1.49. The minimum Gasteiger partial charge on any atom is -0.396 e. The van der Waals surface area contributed by atoms with Gasteiger partial charge in [-0.15, -0.1) is 0 Å². The van der Waals surface area contributed by atoms with Gasteiger partial charge in [0.15, 0.2) is 0 Å². The van der Waals surface area contributed by atoms with Crippen molar-refractivity contribution in [1.82, 2.24) is 4.90 Å². The van der Waals surface area contributed by atoms with Crippen LogP contribution in [0.4, 0.5) is 0 Å². The topological polar surface area (TPSA) is 23.5 Å². The third-order valence-corrected chi connectivity index (χ3v) is 3.85. The summed E-state index contributed by atoms with van der Waals surface area (Å²) in [5.41, 5.74) is 0. The van der Waals surface area contributed by atoms with Gasteiger partial charge >= 0.3 is 0 Å². The molecule has 0 radical (unpaired) electrons. The third kappa shape index (κ3) is 3.96. The van der Waals surface area contributed by atoms with Crippen molar-refractivity contribution in [3.05, 3.63) is 0 Å². The summed E-state index contributed by atoms with van der Waals surface area (Å²) in [6.45, 7) is 6.24. The molecule has 2 unspecified atom stereocenters. The van der Waals surface area contributed by atoms with E-state index < -0.39 is 0 Å². The maximum absolute atomic E-state index is 8.81. The number of likely N-dealkylation sites (tertiary alicyclic amines) is 1. The smallest absolute Gasteiger partial charge is 0.0434 e. The Kier molecular flexibility index (Phi) is 5.29. The summed E-state index contributed by atoms with van der Waals surface area (Å²) in [4.78, 5) is 2.52. The van der Waals surface area contributed by atoms with E-state index in [2.05, 4.69) is 27.8 Å². The van der Waals surface area contributed by atoms with Crippen LogP contribution < -0.4 is 0 Å². The lowest BCUT2D eigenvalue weighted by Crippen LogP contribution is -2.27. The molecule has 2 atom stereocenters. The predicted molar refractivity (Wildman–Crippen MR) is 59.2 cm³/mol. The summed E-state index contributed by atoms with van der Waals surface area (Å²) in [6, 6.07) is 0. The Labute approximate surface area is 89.4 Å². The largest absolute Gasteiger partial charge is 0.396 e. The monoisotopic (exact) mass is 249 g/mol. The first-order valence-corrected chi connectivity index (χ1v) is 6.27. The molecule has 13 heavy (non-hydrogen) atoms. The molecule has 3 heteroatoms. The second-order valence-corrected chi connectivity index (χ2v) is 4.83. The van der Waals surface area contributed by atoms with E-state index in [-0.39, 0.29) is 0 Å². The van der Waals surface area contributed by atoms with Gasteiger partial charge in [-0.1, -0.05) is 22.9 Å². The van der Waals surface area contributed by atoms with E-state index >= 15 is 0 Å². The number of aliphatic hydroxyl groups is 1. The Morgan fingerprint density at radius 1 is 1.62 bits per heavy atom. The highest BCUT2D eigenvalue weighted by atomic mass is 79.9. The fourth-order valence-corrected chi connectivity index (χ4v) is 2.19. The predicted octanol–water partition coefficient (Wildman–Crippen LogP) is 1.72. The van der Waals surface area contributed by atoms with Crippen molar-refractivity contribution in [2.24, 2.45) is 11.8 Å². The van der Waals surface area contributed by atoms with Gasteiger partial charge in [-0.2, -0.15) is 0 Å². The van der Waals surface area contributed by atoms with Crippen molar-refractivity contribution in [2.75, 3.05) is 31.6 Å². The molecule has 78 valence electrons. The van der Waals surface area contributed by atoms with Crippen LogP contribution in [0.5, 0.6) is 0 Å². The first-order valence-electron chi connectivity index (χ1n) is 5.15. The maximum atomic E-state index is 8.81. The van der Waals surface area contributed by atoms with Crippen molar-refractivity contribution in [3.8, 4) is 0 Å². The molecular weight excluding hydrogens is 230 g/mol. The third-order valence-electron chi connectivity index (χ3n) is 2.74. The van der Waals surface area contributed by atoms with Crippen LogP contribution in [0.25, 0.3) is 0 Å². The Balaban J connectivity index is 2.17. The van der Waals surface area contributed by atoms with E-state index in [9.17, 15) is 0 Å². The second-order valence-electron chi connectivity index (χ2n) is 4.19. The van der Waals surface area contributed by atoms with E-state index in [0.29, 0.717) is 6.61 Å². The van der Waals surface area contributed by atoms with Crippen molar-refractivity contribution in [3.63, 3.8) is 0 Å². The molecule has 0 aliphatic carbocycles. The number of halogens is 1. The fraction of sp³-hybridized carbons (Fsp3) is 1.00. The zero-order valence-electron chi connectivity index (χ0n) is 8.38. The Bertz CT molecular complexity index is 143. The summed E-state index contributed by atoms with van der Waals surface area (Å²) in [7, 11) is 0. The molecule has 0 aromatic heterocycles. The zero-order valence-corrected chi connectivity index (χ0v) is 9.96. The minimum atomic E-state index is 0.354. The zero-order chi connectivity index (χ0) is 9.68. The van der Waals surface area contributed by atoms with E-state index in [4.69, 9.17) is 5.11 Å². The quantitative estimate of drug-likeness (QED) is 0.751. The van der Waals surface area contributed by atoms with Crippen molar-refractivity contribution < 1.29 is 5.11 Å². The van der Waals surface area contributed by atoms with Gasteiger partial charge in [-0.05, 0) is 31.2 Å². The average molecular weight is 250 g/mol. The van der Waals surface area contributed by atoms with Crippen LogP contribution in [0.15, 0.2) is 0 Å². The molecule has 1 rings (SSSR count). The van der Waals surface area contributed by atoms with Crippen molar-refractivity contribution in [1.29, 1.82) is 0 Å². The summed E-state index contributed by atoms with van der Waals surface area (Å²) in [6.07, 6.45) is 2.26. The van der Waals surface area contributed by atoms with Crippen LogP contribution in [0.1, 0.15) is 19.8 Å². The summed E-state index contributed by atoms with van der Waals surface area (Å²) < 4.78 is 0. The van der Waals surface area contributed by atoms with Crippen LogP contribution in [-0.4, -0.2) is 41.6 Å². The Morgan fingerprint density at radius 3 is 3.00 bits per heavy atom. The molecule has 0 amide bonds. The first-order chi connectivity index (χ1) is 6.26. The molecule has 1 N–H and O–H groups in total. The molecule has 0 bridgehead atoms. The van der Waals surface area contributed by atoms with Gasteiger partial charge in [-0.25, -0.2) is 0 Å². The van der Waals surface area contributed by atoms with E-state index in [1.54, 1.807) is 0 Å². The van der Waals surface area contributed by atoms with Gasteiger partial charge in [-0.3, -0.25) is 0 Å². The highest BCUT2D eigenvalue weighted by molar-refractivity contribution is 9.09. The molecule has 0 spiro atoms. The molecule has 1 aliphatic rings. The molecule has 1 aliphatic heterocycles. The SMILES string of the molecule is CC(CBr)CN1CCC(CCO)C1. The van der Waals surface area contributed by atoms with E-state index in [0.717, 1.165) is 23.6 Å². The van der Waals surface area contributed by atoms with Crippen LogP contribution in [0.3, 0.4) is 0 Å². The van der Waals surface area contributed by atoms with Crippen LogP contribution >= 0.6 is 15.9 Å². The van der Waals surface area contributed by atoms with E-state index in [1.165, 1.54) is 26.1 Å². The van der Waals surface area contributed by atoms with Crippen LogP contribution in [0, 0.1) is 11.8 Å². The number of alkyl halides is 1. The molecule has 1 heterocycles. The normalized spacial score (nSPS) is 26.5. The number of aliphatic hydroxyl groups excluding tert-OH is 1. The summed E-state index contributed by atoms with van der Waals surface area (Å²) in [5, 5.41) is 9.91. The lowest BCUT2D eigenvalue weighted by atomic mass is 10.1. The van der Waals surface area contributed by atoms with Gasteiger partial charge < -0.3 is 10.0 Å². The van der Waals surface area contributed by atoms with Gasteiger partial charge in [0.2, 0.25) is 0 Å². The fourth-order valence-electron chi connectivity index (χ4n) is 1.99. The number of rotatable bonds is 5. The van der Waals surface area contributed by atoms with E-state index in [1.807, 2.05) is 0 Å². The molecule has 2 nitrogen and oxygen atoms in total. The highest BCUT2D eigenvalue weighted by Gasteiger charge is 2.22. The summed E-state index contributed by atoms with van der Waals surface area (Å²) >= 11 is 3.50. The number of nitrogens with zero attached hydrogens (tertiary/aromatic N) is 1. The molecule has 1 fully saturated rings. The Morgan fingerprint density at radius 2 is 2.38 bits per heavy atom. The van der Waals surface area contributed by atoms with Gasteiger partial charge in [0, 0.05) is 25.0 Å². The molecular formula is C10H20BrNO. The first kappa shape index (κ1) is 11.5. The standard InChI is InChI=1S/C10H20BrNO/c1-9(6-11)7-12-4-2-10(8-12)3-5-13/h9-10,13H,2-8H2,1H3. The highest BCUT2D eigenvalue weighted by Crippen LogP contribution is 2.20. The van der Waals surface area contributed by atoms with Crippen molar-refractivity contribution in [2.45, 2.75) is 19.8 Å². The lowest BCUT2D eigenvalue weighted by Gasteiger charge is -2.19. The van der Waals surface area contributed by atoms with Gasteiger partial charge in [0.1, 0.15) is 0 Å². The molecule has 1 saturated heterocycles.